The Morgan fingerprint density at radius 3 is 2.45 bits per heavy atom. The normalized spacial score (nSPS) is 13.7. The molecule has 0 unspecified atom stereocenters. The minimum Gasteiger partial charge on any atom is -0.493 e. The molecular weight excluding hydrogens is 414 g/mol. The number of aromatic nitrogens is 1. The van der Waals surface area contributed by atoms with Crippen molar-refractivity contribution in [2.24, 2.45) is 0 Å². The summed E-state index contributed by atoms with van der Waals surface area (Å²) in [6.07, 6.45) is 6.31. The minimum atomic E-state index is -0.106. The Hall–Kier alpha value is -3.86. The van der Waals surface area contributed by atoms with Gasteiger partial charge in [-0.25, -0.2) is 0 Å². The van der Waals surface area contributed by atoms with Crippen LogP contribution in [-0.4, -0.2) is 24.0 Å². The lowest BCUT2D eigenvalue weighted by atomic mass is 10.00. The van der Waals surface area contributed by atoms with Crippen molar-refractivity contribution in [3.63, 3.8) is 0 Å². The van der Waals surface area contributed by atoms with Gasteiger partial charge in [-0.05, 0) is 62.1 Å². The quantitative estimate of drug-likeness (QED) is 0.305. The van der Waals surface area contributed by atoms with E-state index in [1.165, 1.54) is 12.8 Å². The van der Waals surface area contributed by atoms with Gasteiger partial charge in [0.05, 0.1) is 18.8 Å². The van der Waals surface area contributed by atoms with Gasteiger partial charge >= 0.3 is 0 Å². The fourth-order valence-corrected chi connectivity index (χ4v) is 4.25. The van der Waals surface area contributed by atoms with E-state index in [2.05, 4.69) is 4.98 Å². The van der Waals surface area contributed by atoms with Gasteiger partial charge in [-0.3, -0.25) is 9.78 Å². The molecular formula is C28H25NO4. The Bertz CT molecular complexity index is 1240. The Morgan fingerprint density at radius 1 is 0.939 bits per heavy atom. The number of benzene rings is 2. The van der Waals surface area contributed by atoms with E-state index in [-0.39, 0.29) is 11.9 Å². The summed E-state index contributed by atoms with van der Waals surface area (Å²) >= 11 is 0. The summed E-state index contributed by atoms with van der Waals surface area (Å²) < 4.78 is 18.1. The molecule has 1 aliphatic carbocycles. The van der Waals surface area contributed by atoms with Gasteiger partial charge in [-0.1, -0.05) is 36.4 Å². The summed E-state index contributed by atoms with van der Waals surface area (Å²) in [6, 6.07) is 22.2. The van der Waals surface area contributed by atoms with Crippen molar-refractivity contribution >= 4 is 5.78 Å². The second-order valence-electron chi connectivity index (χ2n) is 8.15. The van der Waals surface area contributed by atoms with Crippen molar-refractivity contribution in [3.05, 3.63) is 90.1 Å². The first-order valence-corrected chi connectivity index (χ1v) is 11.2. The van der Waals surface area contributed by atoms with Crippen LogP contribution in [0.1, 0.15) is 41.6 Å². The van der Waals surface area contributed by atoms with E-state index >= 15 is 0 Å². The van der Waals surface area contributed by atoms with E-state index in [0.717, 1.165) is 18.4 Å². The zero-order valence-corrected chi connectivity index (χ0v) is 18.5. The predicted molar refractivity (Wildman–Crippen MR) is 127 cm³/mol. The predicted octanol–water partition coefficient (Wildman–Crippen LogP) is 6.57. The van der Waals surface area contributed by atoms with E-state index < -0.39 is 0 Å². The summed E-state index contributed by atoms with van der Waals surface area (Å²) in [4.78, 5) is 17.8. The largest absolute Gasteiger partial charge is 0.493 e. The van der Waals surface area contributed by atoms with Crippen molar-refractivity contribution < 1.29 is 18.7 Å². The van der Waals surface area contributed by atoms with Crippen molar-refractivity contribution in [2.75, 3.05) is 7.11 Å². The van der Waals surface area contributed by atoms with E-state index in [4.69, 9.17) is 13.9 Å². The molecule has 2 heterocycles. The molecule has 5 rings (SSSR count). The molecule has 2 aromatic heterocycles. The van der Waals surface area contributed by atoms with Gasteiger partial charge in [-0.2, -0.15) is 0 Å². The van der Waals surface area contributed by atoms with Crippen LogP contribution < -0.4 is 9.47 Å². The molecule has 1 saturated carbocycles. The highest BCUT2D eigenvalue weighted by atomic mass is 16.5. The average Bonchev–Trinajstić information content (AvgIpc) is 3.55. The van der Waals surface area contributed by atoms with E-state index in [1.807, 2.05) is 66.7 Å². The Balaban J connectivity index is 1.60. The maximum absolute atomic E-state index is 13.4. The third-order valence-electron chi connectivity index (χ3n) is 5.95. The third-order valence-corrected chi connectivity index (χ3v) is 5.95. The maximum Gasteiger partial charge on any atom is 0.196 e. The van der Waals surface area contributed by atoms with Crippen LogP contribution >= 0.6 is 0 Å². The molecule has 0 N–H and O–H groups in total. The minimum absolute atomic E-state index is 0.106. The number of nitrogens with zero attached hydrogens (tertiary/aromatic N) is 1. The van der Waals surface area contributed by atoms with Crippen LogP contribution in [-0.2, 0) is 0 Å². The highest BCUT2D eigenvalue weighted by Crippen LogP contribution is 2.39. The van der Waals surface area contributed by atoms with Gasteiger partial charge in [-0.15, -0.1) is 0 Å². The molecule has 0 saturated heterocycles. The molecule has 166 valence electrons. The number of pyridine rings is 1. The van der Waals surface area contributed by atoms with Crippen LogP contribution in [0.25, 0.3) is 22.8 Å². The summed E-state index contributed by atoms with van der Waals surface area (Å²) in [6.45, 7) is 0. The van der Waals surface area contributed by atoms with E-state index in [9.17, 15) is 4.79 Å². The topological polar surface area (TPSA) is 61.6 Å². The molecule has 33 heavy (non-hydrogen) atoms. The first-order valence-electron chi connectivity index (χ1n) is 11.2. The van der Waals surface area contributed by atoms with E-state index in [1.54, 1.807) is 19.4 Å². The molecule has 0 atom stereocenters. The van der Waals surface area contributed by atoms with Gasteiger partial charge in [0.15, 0.2) is 23.0 Å². The van der Waals surface area contributed by atoms with Crippen LogP contribution in [0.5, 0.6) is 11.5 Å². The van der Waals surface area contributed by atoms with Crippen LogP contribution in [0.15, 0.2) is 83.4 Å². The maximum atomic E-state index is 13.4. The molecule has 0 amide bonds. The van der Waals surface area contributed by atoms with Crippen LogP contribution in [0.3, 0.4) is 0 Å². The first kappa shape index (κ1) is 21.0. The Morgan fingerprint density at radius 2 is 1.73 bits per heavy atom. The molecule has 4 aromatic rings. The highest BCUT2D eigenvalue weighted by Gasteiger charge is 2.24. The number of furan rings is 1. The number of hydrogen-bond donors (Lipinski definition) is 0. The monoisotopic (exact) mass is 439 g/mol. The fourth-order valence-electron chi connectivity index (χ4n) is 4.25. The first-order chi connectivity index (χ1) is 16.2. The van der Waals surface area contributed by atoms with Crippen molar-refractivity contribution in [1.82, 2.24) is 4.98 Å². The lowest BCUT2D eigenvalue weighted by Gasteiger charge is -2.16. The summed E-state index contributed by atoms with van der Waals surface area (Å²) in [5.41, 5.74) is 2.51. The molecule has 0 bridgehead atoms. The standard InChI is InChI=1S/C28H25NO4/c1-31-24-15-14-20(17-26(24)32-21-11-5-6-12-21)28-22(27(30)19-9-3-2-4-10-19)18-25(33-28)23-13-7-8-16-29-23/h2-4,7-10,13-18,21H,5-6,11-12H2,1H3. The second-order valence-corrected chi connectivity index (χ2v) is 8.15. The van der Waals surface area contributed by atoms with Crippen molar-refractivity contribution in [1.29, 1.82) is 0 Å². The number of rotatable bonds is 7. The molecule has 2 aromatic carbocycles. The molecule has 1 aliphatic rings. The van der Waals surface area contributed by atoms with Gasteiger partial charge in [0.2, 0.25) is 0 Å². The van der Waals surface area contributed by atoms with Crippen molar-refractivity contribution in [2.45, 2.75) is 31.8 Å². The number of methoxy groups -OCH3 is 1. The van der Waals surface area contributed by atoms with Gasteiger partial charge < -0.3 is 13.9 Å². The second kappa shape index (κ2) is 9.33. The van der Waals surface area contributed by atoms with Crippen molar-refractivity contribution in [3.8, 4) is 34.3 Å². The SMILES string of the molecule is COc1ccc(-c2oc(-c3ccccn3)cc2C(=O)c2ccccc2)cc1OC1CCCC1. The van der Waals surface area contributed by atoms with Crippen LogP contribution in [0.4, 0.5) is 0 Å². The third kappa shape index (κ3) is 4.40. The molecule has 5 heteroatoms. The molecule has 0 spiro atoms. The highest BCUT2D eigenvalue weighted by molar-refractivity contribution is 6.12. The van der Waals surface area contributed by atoms with Crippen LogP contribution in [0.2, 0.25) is 0 Å². The summed E-state index contributed by atoms with van der Waals surface area (Å²) in [5, 5.41) is 0. The lowest BCUT2D eigenvalue weighted by Crippen LogP contribution is -2.11. The Labute approximate surface area is 193 Å². The number of hydrogen-bond acceptors (Lipinski definition) is 5. The number of ether oxygens (including phenoxy) is 2. The smallest absolute Gasteiger partial charge is 0.196 e. The summed E-state index contributed by atoms with van der Waals surface area (Å²) in [5.74, 6) is 2.25. The molecule has 0 aliphatic heterocycles. The van der Waals surface area contributed by atoms with Gasteiger partial charge in [0.25, 0.3) is 0 Å². The van der Waals surface area contributed by atoms with Gasteiger partial charge in [0, 0.05) is 17.3 Å². The number of carbonyl (C=O) groups is 1. The molecule has 0 radical (unpaired) electrons. The van der Waals surface area contributed by atoms with Gasteiger partial charge in [0.1, 0.15) is 11.5 Å². The summed E-state index contributed by atoms with van der Waals surface area (Å²) in [7, 11) is 1.63. The van der Waals surface area contributed by atoms with Crippen LogP contribution in [0, 0.1) is 0 Å². The lowest BCUT2D eigenvalue weighted by molar-refractivity contribution is 0.103. The molecule has 1 fully saturated rings. The number of carbonyl (C=O) groups excluding carboxylic acids is 1. The Kier molecular flexibility index (Phi) is 5.94. The average molecular weight is 440 g/mol. The molecule has 5 nitrogen and oxygen atoms in total. The fraction of sp³-hybridized carbons (Fsp3) is 0.214. The zero-order valence-electron chi connectivity index (χ0n) is 18.5. The zero-order chi connectivity index (χ0) is 22.6. The number of ketones is 1. The van der Waals surface area contributed by atoms with E-state index in [0.29, 0.717) is 39.8 Å².